The standard InChI is InChI=1S/C64H46N2/c1-63(2)57-29-17-15-27-51(57)53-35-32-48(40-60(53)63)66(47-25-13-6-14-26-47)50-33-36-54-52-28-16-18-30-58(52)64(61(54)42-50)59-38-31-44(43-19-7-3-8-20-43)39-56(59)55-37-34-49(41-62(55)64)65(45-21-9-4-10-22-45)46-23-11-5-12-24-46/h3-42H,1-2H3/i4D,9D,10D,21D,22D. The number of para-hydroxylation sites is 3. The Kier molecular flexibility index (Phi) is 7.41. The van der Waals surface area contributed by atoms with Crippen LogP contribution in [0, 0.1) is 0 Å². The van der Waals surface area contributed by atoms with Crippen molar-refractivity contribution < 1.29 is 6.85 Å². The van der Waals surface area contributed by atoms with E-state index in [0.717, 1.165) is 72.7 Å². The highest BCUT2D eigenvalue weighted by molar-refractivity contribution is 5.98. The minimum absolute atomic E-state index is 0.0895. The van der Waals surface area contributed by atoms with Gasteiger partial charge in [-0.15, -0.1) is 0 Å². The van der Waals surface area contributed by atoms with Crippen molar-refractivity contribution >= 4 is 34.1 Å². The molecule has 10 aromatic carbocycles. The molecule has 2 nitrogen and oxygen atoms in total. The molecule has 66 heavy (non-hydrogen) atoms. The van der Waals surface area contributed by atoms with E-state index in [1.165, 1.54) is 22.3 Å². The molecule has 3 aliphatic carbocycles. The van der Waals surface area contributed by atoms with E-state index in [1.54, 1.807) is 0 Å². The van der Waals surface area contributed by atoms with E-state index in [4.69, 9.17) is 4.11 Å². The third kappa shape index (κ3) is 5.55. The van der Waals surface area contributed by atoms with E-state index in [2.05, 4.69) is 189 Å². The zero-order valence-corrected chi connectivity index (χ0v) is 36.6. The van der Waals surface area contributed by atoms with E-state index in [1.807, 2.05) is 47.4 Å². The van der Waals surface area contributed by atoms with Gasteiger partial charge in [0, 0.05) is 39.5 Å². The lowest BCUT2D eigenvalue weighted by Crippen LogP contribution is -2.26. The molecule has 3 aliphatic rings. The Morgan fingerprint density at radius 2 is 0.742 bits per heavy atom. The average molecular weight is 848 g/mol. The summed E-state index contributed by atoms with van der Waals surface area (Å²) in [6, 6.07) is 73.7. The van der Waals surface area contributed by atoms with E-state index < -0.39 is 11.5 Å². The van der Waals surface area contributed by atoms with Gasteiger partial charge in [-0.05, 0) is 157 Å². The van der Waals surface area contributed by atoms with Gasteiger partial charge in [0.05, 0.1) is 12.3 Å². The Morgan fingerprint density at radius 1 is 0.303 bits per heavy atom. The van der Waals surface area contributed by atoms with E-state index in [9.17, 15) is 2.74 Å². The van der Waals surface area contributed by atoms with Gasteiger partial charge in [-0.1, -0.05) is 178 Å². The highest BCUT2D eigenvalue weighted by Gasteiger charge is 2.52. The van der Waals surface area contributed by atoms with Crippen molar-refractivity contribution in [1.29, 1.82) is 0 Å². The van der Waals surface area contributed by atoms with Crippen LogP contribution >= 0.6 is 0 Å². The summed E-state index contributed by atoms with van der Waals surface area (Å²) in [5.41, 5.74) is 20.0. The minimum atomic E-state index is -0.816. The molecule has 0 saturated carbocycles. The van der Waals surface area contributed by atoms with Crippen LogP contribution in [0.4, 0.5) is 34.1 Å². The van der Waals surface area contributed by atoms with E-state index in [-0.39, 0.29) is 35.3 Å². The van der Waals surface area contributed by atoms with Crippen LogP contribution in [-0.4, -0.2) is 0 Å². The number of rotatable bonds is 7. The lowest BCUT2D eigenvalue weighted by atomic mass is 9.70. The maximum Gasteiger partial charge on any atom is 0.0727 e. The second-order valence-corrected chi connectivity index (χ2v) is 18.1. The number of nitrogens with zero attached hydrogens (tertiary/aromatic N) is 2. The molecule has 0 heterocycles. The Morgan fingerprint density at radius 3 is 1.35 bits per heavy atom. The molecule has 312 valence electrons. The molecule has 1 spiro atoms. The first-order chi connectivity index (χ1) is 34.6. The van der Waals surface area contributed by atoms with Crippen molar-refractivity contribution in [1.82, 2.24) is 0 Å². The summed E-state index contributed by atoms with van der Waals surface area (Å²) in [7, 11) is 0. The molecule has 0 saturated heterocycles. The van der Waals surface area contributed by atoms with E-state index >= 15 is 0 Å². The molecule has 1 atom stereocenters. The Balaban J connectivity index is 1.08. The predicted octanol–water partition coefficient (Wildman–Crippen LogP) is 16.9. The van der Waals surface area contributed by atoms with Gasteiger partial charge in [-0.25, -0.2) is 0 Å². The monoisotopic (exact) mass is 847 g/mol. The fourth-order valence-corrected chi connectivity index (χ4v) is 11.4. The third-order valence-corrected chi connectivity index (χ3v) is 14.3. The minimum Gasteiger partial charge on any atom is -0.310 e. The Hall–Kier alpha value is -8.20. The van der Waals surface area contributed by atoms with Crippen LogP contribution in [0.3, 0.4) is 0 Å². The molecule has 0 N–H and O–H groups in total. The summed E-state index contributed by atoms with van der Waals surface area (Å²) in [6.07, 6.45) is 0. The van der Waals surface area contributed by atoms with Crippen LogP contribution < -0.4 is 9.80 Å². The molecule has 0 amide bonds. The molecular formula is C64H46N2. The molecule has 0 aromatic heterocycles. The van der Waals surface area contributed by atoms with Crippen molar-refractivity contribution in [2.45, 2.75) is 24.7 Å². The fourth-order valence-electron chi connectivity index (χ4n) is 11.4. The quantitative estimate of drug-likeness (QED) is 0.158. The summed E-state index contributed by atoms with van der Waals surface area (Å²) >= 11 is 0. The summed E-state index contributed by atoms with van der Waals surface area (Å²) < 4.78 is 44.6. The maximum absolute atomic E-state index is 9.27. The molecule has 0 fully saturated rings. The van der Waals surface area contributed by atoms with E-state index in [0.29, 0.717) is 11.4 Å². The summed E-state index contributed by atoms with van der Waals surface area (Å²) in [6.45, 7) is 4.65. The zero-order valence-electron chi connectivity index (χ0n) is 41.6. The first kappa shape index (κ1) is 33.3. The van der Waals surface area contributed by atoms with Crippen molar-refractivity contribution in [3.63, 3.8) is 0 Å². The normalized spacial score (nSPS) is 16.4. The van der Waals surface area contributed by atoms with Gasteiger partial charge in [0.1, 0.15) is 0 Å². The molecule has 13 rings (SSSR count). The lowest BCUT2D eigenvalue weighted by Gasteiger charge is -2.33. The van der Waals surface area contributed by atoms with Crippen LogP contribution in [0.5, 0.6) is 0 Å². The predicted molar refractivity (Wildman–Crippen MR) is 275 cm³/mol. The summed E-state index contributed by atoms with van der Waals surface area (Å²) in [5.74, 6) is 0. The lowest BCUT2D eigenvalue weighted by molar-refractivity contribution is 0.660. The van der Waals surface area contributed by atoms with Gasteiger partial charge in [0.2, 0.25) is 0 Å². The molecule has 2 heteroatoms. The molecule has 10 aromatic rings. The number of hydrogen-bond acceptors (Lipinski definition) is 2. The Labute approximate surface area is 394 Å². The Bertz CT molecular complexity index is 3790. The zero-order chi connectivity index (χ0) is 48.3. The third-order valence-electron chi connectivity index (χ3n) is 14.3. The first-order valence-corrected chi connectivity index (χ1v) is 22.7. The summed E-state index contributed by atoms with van der Waals surface area (Å²) in [5, 5.41) is 0. The smallest absolute Gasteiger partial charge is 0.0727 e. The average Bonchev–Trinajstić information content (AvgIpc) is 3.97. The van der Waals surface area contributed by atoms with Crippen molar-refractivity contribution in [2.24, 2.45) is 0 Å². The highest BCUT2D eigenvalue weighted by atomic mass is 15.1. The molecule has 0 bridgehead atoms. The molecule has 1 unspecified atom stereocenters. The number of anilines is 6. The van der Waals surface area contributed by atoms with Crippen molar-refractivity contribution in [2.75, 3.05) is 9.80 Å². The second kappa shape index (κ2) is 14.7. The number of hydrogen-bond donors (Lipinski definition) is 0. The van der Waals surface area contributed by atoms with Crippen LogP contribution in [-0.2, 0) is 10.8 Å². The fraction of sp³-hybridized carbons (Fsp3) is 0.0625. The maximum atomic E-state index is 9.27. The van der Waals surface area contributed by atoms with Gasteiger partial charge in [-0.3, -0.25) is 0 Å². The SMILES string of the molecule is [2H]c1c([2H])c([2H])c(N(c2ccccc2)c2ccc3c(c2)C2(c4ccccc4-c4ccc(N(c5ccccc5)c5ccc6c(c5)C(C)(C)c5ccccc5-6)cc42)c2ccc(-c4ccccc4)cc2-3)c([2H])c1[2H]. The van der Waals surface area contributed by atoms with Crippen LogP contribution in [0.25, 0.3) is 44.5 Å². The topological polar surface area (TPSA) is 6.48 Å². The van der Waals surface area contributed by atoms with Crippen molar-refractivity contribution in [3.05, 3.63) is 276 Å². The largest absolute Gasteiger partial charge is 0.310 e. The number of benzene rings is 10. The second-order valence-electron chi connectivity index (χ2n) is 18.1. The van der Waals surface area contributed by atoms with Crippen LogP contribution in [0.1, 0.15) is 54.1 Å². The number of fused-ring (bicyclic) bond motifs is 13. The molecular weight excluding hydrogens is 797 g/mol. The van der Waals surface area contributed by atoms with Crippen LogP contribution in [0.2, 0.25) is 0 Å². The molecule has 0 aliphatic heterocycles. The van der Waals surface area contributed by atoms with Gasteiger partial charge < -0.3 is 9.80 Å². The van der Waals surface area contributed by atoms with Crippen LogP contribution in [0.15, 0.2) is 243 Å². The van der Waals surface area contributed by atoms with Gasteiger partial charge >= 0.3 is 0 Å². The molecule has 0 radical (unpaired) electrons. The van der Waals surface area contributed by atoms with Gasteiger partial charge in [0.25, 0.3) is 0 Å². The van der Waals surface area contributed by atoms with Gasteiger partial charge in [0.15, 0.2) is 0 Å². The van der Waals surface area contributed by atoms with Gasteiger partial charge in [-0.2, -0.15) is 0 Å². The summed E-state index contributed by atoms with van der Waals surface area (Å²) in [4.78, 5) is 4.22. The van der Waals surface area contributed by atoms with Crippen molar-refractivity contribution in [3.8, 4) is 44.5 Å². The highest BCUT2D eigenvalue weighted by Crippen LogP contribution is 2.64. The first-order valence-electron chi connectivity index (χ1n) is 25.2.